The van der Waals surface area contributed by atoms with Crippen LogP contribution >= 0.6 is 0 Å². The molecule has 0 radical (unpaired) electrons. The maximum absolute atomic E-state index is 12.6. The highest BCUT2D eigenvalue weighted by atomic mass is 16.5. The van der Waals surface area contributed by atoms with E-state index < -0.39 is 12.1 Å². The number of aromatic nitrogens is 1. The summed E-state index contributed by atoms with van der Waals surface area (Å²) < 4.78 is 5.25. The maximum Gasteiger partial charge on any atom is 0.355 e. The van der Waals surface area contributed by atoms with Gasteiger partial charge in [-0.3, -0.25) is 4.79 Å². The Hall–Kier alpha value is -2.60. The second-order valence-corrected chi connectivity index (χ2v) is 6.86. The van der Waals surface area contributed by atoms with E-state index in [9.17, 15) is 14.7 Å². The van der Waals surface area contributed by atoms with Crippen molar-refractivity contribution in [3.05, 3.63) is 52.3 Å². The second kappa shape index (κ2) is 6.96. The van der Waals surface area contributed by atoms with Crippen molar-refractivity contribution in [3.8, 4) is 0 Å². The van der Waals surface area contributed by atoms with Crippen LogP contribution in [0.4, 0.5) is 5.69 Å². The number of ether oxygens (including phenoxy) is 1. The van der Waals surface area contributed by atoms with Gasteiger partial charge in [0.1, 0.15) is 5.69 Å². The van der Waals surface area contributed by atoms with Crippen LogP contribution in [0.1, 0.15) is 52.8 Å². The average Bonchev–Trinajstić information content (AvgIpc) is 3.07. The summed E-state index contributed by atoms with van der Waals surface area (Å²) in [5.74, 6) is -0.835. The maximum atomic E-state index is 12.6. The molecule has 0 aliphatic carbocycles. The molecule has 0 bridgehead atoms. The first kappa shape index (κ1) is 18.2. The normalized spacial score (nSPS) is 17.1. The zero-order chi connectivity index (χ0) is 19.0. The lowest BCUT2D eigenvalue weighted by atomic mass is 10.1. The highest BCUT2D eigenvalue weighted by Gasteiger charge is 2.31. The fraction of sp³-hybridized carbons (Fsp3) is 0.400. The number of hydrogen-bond acceptors (Lipinski definition) is 4. The molecule has 6 heteroatoms. The van der Waals surface area contributed by atoms with E-state index in [0.717, 1.165) is 23.4 Å². The minimum Gasteiger partial charge on any atom is -0.451 e. The number of amides is 1. The highest BCUT2D eigenvalue weighted by molar-refractivity contribution is 5.99. The van der Waals surface area contributed by atoms with Gasteiger partial charge in [-0.05, 0) is 51.3 Å². The molecule has 2 aromatic rings. The number of anilines is 1. The van der Waals surface area contributed by atoms with Gasteiger partial charge in [0, 0.05) is 23.0 Å². The number of benzene rings is 1. The number of aromatic amines is 1. The Labute approximate surface area is 152 Å². The molecular formula is C20H24N2O4. The fourth-order valence-corrected chi connectivity index (χ4v) is 3.81. The van der Waals surface area contributed by atoms with E-state index in [-0.39, 0.29) is 24.2 Å². The molecule has 1 aliphatic rings. The van der Waals surface area contributed by atoms with Crippen LogP contribution in [0.2, 0.25) is 0 Å². The lowest BCUT2D eigenvalue weighted by molar-refractivity contribution is -0.122. The number of aryl methyl sites for hydroxylation is 1. The van der Waals surface area contributed by atoms with Gasteiger partial charge < -0.3 is 19.7 Å². The van der Waals surface area contributed by atoms with Crippen LogP contribution < -0.4 is 4.90 Å². The number of carbonyl (C=O) groups excluding carboxylic acids is 2. The fourth-order valence-electron chi connectivity index (χ4n) is 3.81. The smallest absolute Gasteiger partial charge is 0.355 e. The SMILES string of the molecule is Cc1[nH]c(C(=O)OCC(=O)N2c3ccccc3C[C@H]2C)c(C)c1[C@@H](C)O. The summed E-state index contributed by atoms with van der Waals surface area (Å²) in [4.78, 5) is 29.7. The monoisotopic (exact) mass is 356 g/mol. The Morgan fingerprint density at radius 2 is 2.04 bits per heavy atom. The van der Waals surface area contributed by atoms with Gasteiger partial charge in [-0.25, -0.2) is 4.79 Å². The van der Waals surface area contributed by atoms with Gasteiger partial charge >= 0.3 is 5.97 Å². The van der Waals surface area contributed by atoms with Crippen LogP contribution in [0.5, 0.6) is 0 Å². The van der Waals surface area contributed by atoms with Gasteiger partial charge in [0.2, 0.25) is 0 Å². The quantitative estimate of drug-likeness (QED) is 0.825. The molecule has 1 aromatic carbocycles. The largest absolute Gasteiger partial charge is 0.451 e. The number of aliphatic hydroxyl groups excluding tert-OH is 1. The van der Waals surface area contributed by atoms with Crippen molar-refractivity contribution < 1.29 is 19.4 Å². The predicted octanol–water partition coefficient (Wildman–Crippen LogP) is 2.82. The third kappa shape index (κ3) is 3.12. The van der Waals surface area contributed by atoms with Crippen LogP contribution in [-0.2, 0) is 16.0 Å². The molecule has 0 spiro atoms. The van der Waals surface area contributed by atoms with Gasteiger partial charge in [0.15, 0.2) is 6.61 Å². The third-order valence-electron chi connectivity index (χ3n) is 4.92. The average molecular weight is 356 g/mol. The number of esters is 1. The highest BCUT2D eigenvalue weighted by Crippen LogP contribution is 2.32. The number of nitrogens with one attached hydrogen (secondary N) is 1. The van der Waals surface area contributed by atoms with Gasteiger partial charge in [-0.15, -0.1) is 0 Å². The summed E-state index contributed by atoms with van der Waals surface area (Å²) in [5, 5.41) is 9.83. The van der Waals surface area contributed by atoms with Crippen LogP contribution in [0.3, 0.4) is 0 Å². The standard InChI is InChI=1S/C20H24N2O4/c1-11-9-15-7-5-6-8-16(15)22(11)17(24)10-26-20(25)19-12(2)18(14(4)23)13(3)21-19/h5-8,11,14,21,23H,9-10H2,1-4H3/t11-,14-/m1/s1. The molecule has 26 heavy (non-hydrogen) atoms. The summed E-state index contributed by atoms with van der Waals surface area (Å²) in [6.45, 7) is 6.85. The number of nitrogens with zero attached hydrogens (tertiary/aromatic N) is 1. The van der Waals surface area contributed by atoms with Gasteiger partial charge in [0.05, 0.1) is 6.10 Å². The molecule has 0 fully saturated rings. The Kier molecular flexibility index (Phi) is 4.87. The second-order valence-electron chi connectivity index (χ2n) is 6.86. The molecule has 0 saturated carbocycles. The number of hydrogen-bond donors (Lipinski definition) is 2. The van der Waals surface area contributed by atoms with Crippen LogP contribution in [-0.4, -0.2) is 34.6 Å². The molecule has 2 heterocycles. The van der Waals surface area contributed by atoms with E-state index in [1.807, 2.05) is 31.2 Å². The number of carbonyl (C=O) groups is 2. The molecule has 2 atom stereocenters. The minimum absolute atomic E-state index is 0.0370. The summed E-state index contributed by atoms with van der Waals surface area (Å²) in [6.07, 6.45) is 0.110. The van der Waals surface area contributed by atoms with Crippen molar-refractivity contribution in [2.75, 3.05) is 11.5 Å². The lowest BCUT2D eigenvalue weighted by Crippen LogP contribution is -2.38. The summed E-state index contributed by atoms with van der Waals surface area (Å²) in [6, 6.07) is 7.80. The van der Waals surface area contributed by atoms with E-state index in [4.69, 9.17) is 4.74 Å². The van der Waals surface area contributed by atoms with E-state index in [0.29, 0.717) is 11.1 Å². The van der Waals surface area contributed by atoms with Crippen molar-refractivity contribution in [2.24, 2.45) is 0 Å². The van der Waals surface area contributed by atoms with Crippen LogP contribution in [0, 0.1) is 13.8 Å². The molecule has 1 aromatic heterocycles. The van der Waals surface area contributed by atoms with E-state index in [2.05, 4.69) is 4.98 Å². The molecule has 0 saturated heterocycles. The molecule has 1 aliphatic heterocycles. The summed E-state index contributed by atoms with van der Waals surface area (Å²) in [5.41, 5.74) is 4.33. The zero-order valence-electron chi connectivity index (χ0n) is 15.5. The molecule has 2 N–H and O–H groups in total. The number of rotatable bonds is 4. The third-order valence-corrected chi connectivity index (χ3v) is 4.92. The number of aliphatic hydroxyl groups is 1. The molecule has 3 rings (SSSR count). The molecule has 6 nitrogen and oxygen atoms in total. The first-order valence-electron chi connectivity index (χ1n) is 8.75. The van der Waals surface area contributed by atoms with E-state index >= 15 is 0 Å². The summed E-state index contributed by atoms with van der Waals surface area (Å²) >= 11 is 0. The lowest BCUT2D eigenvalue weighted by Gasteiger charge is -2.22. The van der Waals surface area contributed by atoms with Gasteiger partial charge in [-0.1, -0.05) is 18.2 Å². The van der Waals surface area contributed by atoms with Crippen molar-refractivity contribution in [1.82, 2.24) is 4.98 Å². The van der Waals surface area contributed by atoms with E-state index in [1.165, 1.54) is 0 Å². The first-order chi connectivity index (χ1) is 12.3. The first-order valence-corrected chi connectivity index (χ1v) is 8.75. The van der Waals surface area contributed by atoms with Gasteiger partial charge in [-0.2, -0.15) is 0 Å². The Bertz CT molecular complexity index is 853. The molecular weight excluding hydrogens is 332 g/mol. The molecule has 1 amide bonds. The Morgan fingerprint density at radius 3 is 2.69 bits per heavy atom. The van der Waals surface area contributed by atoms with Crippen LogP contribution in [0.15, 0.2) is 24.3 Å². The number of para-hydroxylation sites is 1. The van der Waals surface area contributed by atoms with Crippen molar-refractivity contribution in [2.45, 2.75) is 46.3 Å². The molecule has 0 unspecified atom stereocenters. The zero-order valence-corrected chi connectivity index (χ0v) is 15.5. The Morgan fingerprint density at radius 1 is 1.35 bits per heavy atom. The van der Waals surface area contributed by atoms with Crippen LogP contribution in [0.25, 0.3) is 0 Å². The number of H-pyrrole nitrogens is 1. The minimum atomic E-state index is -0.684. The van der Waals surface area contributed by atoms with Crippen molar-refractivity contribution in [1.29, 1.82) is 0 Å². The predicted molar refractivity (Wildman–Crippen MR) is 98.3 cm³/mol. The molecule has 138 valence electrons. The summed E-state index contributed by atoms with van der Waals surface area (Å²) in [7, 11) is 0. The van der Waals surface area contributed by atoms with E-state index in [1.54, 1.807) is 25.7 Å². The topological polar surface area (TPSA) is 82.6 Å². The number of fused-ring (bicyclic) bond motifs is 1. The van der Waals surface area contributed by atoms with Crippen molar-refractivity contribution in [3.63, 3.8) is 0 Å². The Balaban J connectivity index is 1.71. The van der Waals surface area contributed by atoms with Gasteiger partial charge in [0.25, 0.3) is 5.91 Å². The van der Waals surface area contributed by atoms with Crippen molar-refractivity contribution >= 4 is 17.6 Å².